The molecule has 3 rings (SSSR count). The molecule has 0 saturated carbocycles. The molecule has 1 aromatic carbocycles. The average molecular weight is 332 g/mol. The van der Waals surface area contributed by atoms with Crippen molar-refractivity contribution in [3.05, 3.63) is 41.2 Å². The van der Waals surface area contributed by atoms with Gasteiger partial charge in [0.1, 0.15) is 0 Å². The molecule has 1 aliphatic carbocycles. The highest BCUT2D eigenvalue weighted by Gasteiger charge is 2.28. The monoisotopic (exact) mass is 332 g/mol. The molecule has 1 atom stereocenters. The first-order chi connectivity index (χ1) is 11.2. The van der Waals surface area contributed by atoms with Gasteiger partial charge in [0.25, 0.3) is 0 Å². The zero-order valence-corrected chi connectivity index (χ0v) is 14.6. The van der Waals surface area contributed by atoms with E-state index in [1.807, 2.05) is 19.0 Å². The van der Waals surface area contributed by atoms with Gasteiger partial charge >= 0.3 is 0 Å². The van der Waals surface area contributed by atoms with Crippen molar-refractivity contribution in [1.29, 1.82) is 0 Å². The van der Waals surface area contributed by atoms with Gasteiger partial charge in [-0.25, -0.2) is 4.98 Å². The molecule has 124 valence electrons. The first kappa shape index (κ1) is 16.4. The van der Waals surface area contributed by atoms with Crippen LogP contribution in [0.25, 0.3) is 0 Å². The first-order valence-corrected chi connectivity index (χ1v) is 8.89. The van der Waals surface area contributed by atoms with Crippen LogP contribution in [0.2, 0.25) is 0 Å². The Kier molecular flexibility index (Phi) is 5.25. The second-order valence-electron chi connectivity index (χ2n) is 6.19. The van der Waals surface area contributed by atoms with Crippen molar-refractivity contribution < 1.29 is 5.11 Å². The fourth-order valence-electron chi connectivity index (χ4n) is 3.21. The van der Waals surface area contributed by atoms with Crippen LogP contribution in [0, 0.1) is 0 Å². The van der Waals surface area contributed by atoms with E-state index < -0.39 is 0 Å². The summed E-state index contributed by atoms with van der Waals surface area (Å²) in [6.07, 6.45) is 3.04. The van der Waals surface area contributed by atoms with Crippen LogP contribution in [0.1, 0.15) is 35.8 Å². The fraction of sp³-hybridized carbons (Fsp3) is 0.529. The van der Waals surface area contributed by atoms with Gasteiger partial charge in [0.2, 0.25) is 5.13 Å². The molecule has 1 aromatic heterocycles. The van der Waals surface area contributed by atoms with E-state index >= 15 is 0 Å². The van der Waals surface area contributed by atoms with Crippen LogP contribution in [0.4, 0.5) is 5.13 Å². The first-order valence-electron chi connectivity index (χ1n) is 8.11. The Labute approximate surface area is 141 Å². The highest BCUT2D eigenvalue weighted by atomic mass is 32.1. The standard InChI is InChI=1S/C17H24N4OS/c1-20(2)17-18-16(19-23-17)12-21(10-5-11-22)15-9-8-13-6-3-4-7-14(13)15/h3-4,6-7,15,22H,5,8-12H2,1-2H3. The summed E-state index contributed by atoms with van der Waals surface area (Å²) >= 11 is 1.44. The second kappa shape index (κ2) is 7.38. The summed E-state index contributed by atoms with van der Waals surface area (Å²) in [7, 11) is 3.97. The fourth-order valence-corrected chi connectivity index (χ4v) is 3.80. The maximum Gasteiger partial charge on any atom is 0.204 e. The molecule has 5 nitrogen and oxygen atoms in total. The zero-order chi connectivity index (χ0) is 16.2. The number of rotatable bonds is 7. The summed E-state index contributed by atoms with van der Waals surface area (Å²) in [5, 5.41) is 10.2. The van der Waals surface area contributed by atoms with Gasteiger partial charge in [-0.15, -0.1) is 0 Å². The van der Waals surface area contributed by atoms with Crippen molar-refractivity contribution in [2.75, 3.05) is 32.1 Å². The number of aliphatic hydroxyl groups excluding tert-OH is 1. The predicted octanol–water partition coefficient (Wildman–Crippen LogP) is 2.48. The SMILES string of the molecule is CN(C)c1nc(CN(CCCO)C2CCc3ccccc32)ns1. The Hall–Kier alpha value is -1.50. The molecule has 0 amide bonds. The Bertz CT molecular complexity index is 643. The number of fused-ring (bicyclic) bond motifs is 1. The quantitative estimate of drug-likeness (QED) is 0.844. The van der Waals surface area contributed by atoms with E-state index in [2.05, 4.69) is 38.5 Å². The molecule has 1 N–H and O–H groups in total. The molecule has 0 radical (unpaired) electrons. The van der Waals surface area contributed by atoms with Crippen LogP contribution in [-0.2, 0) is 13.0 Å². The molecule has 23 heavy (non-hydrogen) atoms. The number of hydrogen-bond donors (Lipinski definition) is 1. The molecule has 0 spiro atoms. The predicted molar refractivity (Wildman–Crippen MR) is 93.9 cm³/mol. The van der Waals surface area contributed by atoms with Crippen molar-refractivity contribution in [2.24, 2.45) is 0 Å². The Balaban J connectivity index is 1.78. The Morgan fingerprint density at radius 3 is 2.87 bits per heavy atom. The van der Waals surface area contributed by atoms with E-state index in [9.17, 15) is 5.11 Å². The van der Waals surface area contributed by atoms with Crippen LogP contribution in [0.3, 0.4) is 0 Å². The van der Waals surface area contributed by atoms with Crippen LogP contribution >= 0.6 is 11.5 Å². The van der Waals surface area contributed by atoms with Crippen LogP contribution in [-0.4, -0.2) is 46.6 Å². The molecule has 0 bridgehead atoms. The summed E-state index contributed by atoms with van der Waals surface area (Å²) in [5.41, 5.74) is 2.88. The number of anilines is 1. The minimum Gasteiger partial charge on any atom is -0.396 e. The van der Waals surface area contributed by atoms with Crippen molar-refractivity contribution >= 4 is 16.7 Å². The van der Waals surface area contributed by atoms with Gasteiger partial charge in [-0.05, 0) is 30.4 Å². The molecule has 1 aliphatic rings. The van der Waals surface area contributed by atoms with Crippen molar-refractivity contribution in [3.63, 3.8) is 0 Å². The number of aromatic nitrogens is 2. The van der Waals surface area contributed by atoms with Gasteiger partial charge in [0.05, 0.1) is 6.54 Å². The second-order valence-corrected chi connectivity index (χ2v) is 6.92. The Morgan fingerprint density at radius 2 is 2.13 bits per heavy atom. The largest absolute Gasteiger partial charge is 0.396 e. The lowest BCUT2D eigenvalue weighted by molar-refractivity contribution is 0.162. The summed E-state index contributed by atoms with van der Waals surface area (Å²) in [6, 6.07) is 9.10. The van der Waals surface area contributed by atoms with E-state index in [0.29, 0.717) is 6.04 Å². The average Bonchev–Trinajstić information content (AvgIpc) is 3.18. The summed E-state index contributed by atoms with van der Waals surface area (Å²) in [5.74, 6) is 0.876. The third kappa shape index (κ3) is 3.71. The number of hydrogen-bond acceptors (Lipinski definition) is 6. The molecular formula is C17H24N4OS. The van der Waals surface area contributed by atoms with Gasteiger partial charge in [-0.3, -0.25) is 4.90 Å². The topological polar surface area (TPSA) is 52.5 Å². The summed E-state index contributed by atoms with van der Waals surface area (Å²) < 4.78 is 4.50. The zero-order valence-electron chi connectivity index (χ0n) is 13.8. The van der Waals surface area contributed by atoms with Crippen molar-refractivity contribution in [2.45, 2.75) is 31.8 Å². The van der Waals surface area contributed by atoms with Gasteiger partial charge in [-0.1, -0.05) is 24.3 Å². The minimum atomic E-state index is 0.221. The highest BCUT2D eigenvalue weighted by molar-refractivity contribution is 7.09. The lowest BCUT2D eigenvalue weighted by Crippen LogP contribution is -2.29. The number of aliphatic hydroxyl groups is 1. The highest BCUT2D eigenvalue weighted by Crippen LogP contribution is 2.36. The number of nitrogens with zero attached hydrogens (tertiary/aromatic N) is 4. The molecule has 1 heterocycles. The third-order valence-corrected chi connectivity index (χ3v) is 5.25. The van der Waals surface area contributed by atoms with Gasteiger partial charge in [0, 0.05) is 44.8 Å². The van der Waals surface area contributed by atoms with E-state index in [1.54, 1.807) is 0 Å². The van der Waals surface area contributed by atoms with Crippen molar-refractivity contribution in [3.8, 4) is 0 Å². The summed E-state index contributed by atoms with van der Waals surface area (Å²) in [4.78, 5) is 9.02. The molecule has 0 saturated heterocycles. The molecule has 1 unspecified atom stereocenters. The molecule has 2 aromatic rings. The molecular weight excluding hydrogens is 308 g/mol. The molecule has 6 heteroatoms. The lowest BCUT2D eigenvalue weighted by Gasteiger charge is -2.28. The van der Waals surface area contributed by atoms with Crippen molar-refractivity contribution in [1.82, 2.24) is 14.3 Å². The van der Waals surface area contributed by atoms with Crippen LogP contribution in [0.5, 0.6) is 0 Å². The van der Waals surface area contributed by atoms with E-state index in [1.165, 1.54) is 22.7 Å². The van der Waals surface area contributed by atoms with Crippen LogP contribution < -0.4 is 4.90 Å². The molecule has 0 aliphatic heterocycles. The van der Waals surface area contributed by atoms with Crippen LogP contribution in [0.15, 0.2) is 24.3 Å². The minimum absolute atomic E-state index is 0.221. The van der Waals surface area contributed by atoms with Gasteiger partial charge in [-0.2, -0.15) is 4.37 Å². The van der Waals surface area contributed by atoms with Gasteiger partial charge < -0.3 is 10.0 Å². The normalized spacial score (nSPS) is 16.8. The maximum absolute atomic E-state index is 9.23. The van der Waals surface area contributed by atoms with Gasteiger partial charge in [0.15, 0.2) is 5.82 Å². The van der Waals surface area contributed by atoms with E-state index in [-0.39, 0.29) is 6.61 Å². The Morgan fingerprint density at radius 1 is 1.30 bits per heavy atom. The summed E-state index contributed by atoms with van der Waals surface area (Å²) in [6.45, 7) is 1.83. The van der Waals surface area contributed by atoms with E-state index in [4.69, 9.17) is 0 Å². The smallest absolute Gasteiger partial charge is 0.204 e. The maximum atomic E-state index is 9.23. The number of benzene rings is 1. The molecule has 0 fully saturated rings. The van der Waals surface area contributed by atoms with E-state index in [0.717, 1.165) is 43.3 Å². The number of aryl methyl sites for hydroxylation is 1. The lowest BCUT2D eigenvalue weighted by atomic mass is 10.1. The third-order valence-electron chi connectivity index (χ3n) is 4.33.